The molecule has 0 radical (unpaired) electrons. The molecule has 0 aliphatic heterocycles. The second-order valence-electron chi connectivity index (χ2n) is 2.87. The number of halogens is 3. The van der Waals surface area contributed by atoms with Gasteiger partial charge in [-0.05, 0) is 26.0 Å². The molecule has 13 heavy (non-hydrogen) atoms. The molecular formula is C9H9BrCl2O. The van der Waals surface area contributed by atoms with Gasteiger partial charge < -0.3 is 4.74 Å². The standard InChI is InChI=1S/C9H9BrCl2O/c1-5(2)13-8-4-6(10)3-7(11)9(8)12/h3-5H,1-2H3. The van der Waals surface area contributed by atoms with E-state index in [1.165, 1.54) is 0 Å². The Kier molecular flexibility index (Phi) is 3.89. The molecule has 0 atom stereocenters. The molecule has 0 N–H and O–H groups in total. The Labute approximate surface area is 96.1 Å². The van der Waals surface area contributed by atoms with Crippen LogP contribution in [-0.2, 0) is 0 Å². The zero-order valence-corrected chi connectivity index (χ0v) is 10.4. The molecule has 0 aliphatic rings. The van der Waals surface area contributed by atoms with E-state index >= 15 is 0 Å². The van der Waals surface area contributed by atoms with Gasteiger partial charge in [0.1, 0.15) is 10.8 Å². The van der Waals surface area contributed by atoms with Crippen LogP contribution in [0.5, 0.6) is 5.75 Å². The van der Waals surface area contributed by atoms with E-state index in [2.05, 4.69) is 15.9 Å². The van der Waals surface area contributed by atoms with Crippen molar-refractivity contribution in [1.82, 2.24) is 0 Å². The molecular weight excluding hydrogens is 275 g/mol. The van der Waals surface area contributed by atoms with Crippen LogP contribution in [0.4, 0.5) is 0 Å². The van der Waals surface area contributed by atoms with Gasteiger partial charge in [0.15, 0.2) is 0 Å². The number of benzene rings is 1. The highest BCUT2D eigenvalue weighted by Gasteiger charge is 2.08. The van der Waals surface area contributed by atoms with Gasteiger partial charge in [-0.25, -0.2) is 0 Å². The molecule has 0 aliphatic carbocycles. The second kappa shape index (κ2) is 4.54. The molecule has 0 heterocycles. The quantitative estimate of drug-likeness (QED) is 0.724. The van der Waals surface area contributed by atoms with Gasteiger partial charge in [-0.1, -0.05) is 39.1 Å². The molecule has 1 aromatic carbocycles. The van der Waals surface area contributed by atoms with E-state index in [1.807, 2.05) is 13.8 Å². The van der Waals surface area contributed by atoms with Crippen molar-refractivity contribution in [3.05, 3.63) is 26.7 Å². The van der Waals surface area contributed by atoms with E-state index in [0.717, 1.165) is 4.47 Å². The molecule has 0 saturated heterocycles. The smallest absolute Gasteiger partial charge is 0.140 e. The van der Waals surface area contributed by atoms with Gasteiger partial charge in [0.2, 0.25) is 0 Å². The molecule has 1 aromatic rings. The van der Waals surface area contributed by atoms with Crippen LogP contribution >= 0.6 is 39.1 Å². The van der Waals surface area contributed by atoms with Crippen molar-refractivity contribution >= 4 is 39.1 Å². The van der Waals surface area contributed by atoms with Gasteiger partial charge in [-0.3, -0.25) is 0 Å². The topological polar surface area (TPSA) is 9.23 Å². The molecule has 0 bridgehead atoms. The minimum atomic E-state index is 0.0860. The van der Waals surface area contributed by atoms with Gasteiger partial charge in [0.05, 0.1) is 11.1 Å². The first kappa shape index (κ1) is 11.2. The summed E-state index contributed by atoms with van der Waals surface area (Å²) in [6, 6.07) is 3.53. The fraction of sp³-hybridized carbons (Fsp3) is 0.333. The van der Waals surface area contributed by atoms with Gasteiger partial charge in [0, 0.05) is 4.47 Å². The van der Waals surface area contributed by atoms with E-state index in [0.29, 0.717) is 15.8 Å². The van der Waals surface area contributed by atoms with Crippen LogP contribution in [0.2, 0.25) is 10.0 Å². The van der Waals surface area contributed by atoms with E-state index < -0.39 is 0 Å². The Hall–Kier alpha value is 0.0800. The van der Waals surface area contributed by atoms with Crippen LogP contribution in [0.3, 0.4) is 0 Å². The van der Waals surface area contributed by atoms with Crippen LogP contribution in [-0.4, -0.2) is 6.10 Å². The summed E-state index contributed by atoms with van der Waals surface area (Å²) in [5, 5.41) is 0.949. The Morgan fingerprint density at radius 3 is 2.46 bits per heavy atom. The Bertz CT molecular complexity index is 313. The summed E-state index contributed by atoms with van der Waals surface area (Å²) in [5.74, 6) is 0.607. The highest BCUT2D eigenvalue weighted by atomic mass is 79.9. The van der Waals surface area contributed by atoms with Crippen molar-refractivity contribution in [2.24, 2.45) is 0 Å². The average molecular weight is 284 g/mol. The zero-order chi connectivity index (χ0) is 10.0. The lowest BCUT2D eigenvalue weighted by Crippen LogP contribution is -2.05. The fourth-order valence-corrected chi connectivity index (χ4v) is 1.81. The maximum absolute atomic E-state index is 5.93. The third-order valence-corrected chi connectivity index (χ3v) is 2.56. The predicted molar refractivity (Wildman–Crippen MR) is 59.9 cm³/mol. The maximum atomic E-state index is 5.93. The number of hydrogen-bond donors (Lipinski definition) is 0. The third kappa shape index (κ3) is 3.04. The van der Waals surface area contributed by atoms with Crippen LogP contribution in [0.25, 0.3) is 0 Å². The summed E-state index contributed by atoms with van der Waals surface area (Å²) in [6.45, 7) is 3.87. The normalized spacial score (nSPS) is 10.6. The van der Waals surface area contributed by atoms with Crippen molar-refractivity contribution in [2.45, 2.75) is 20.0 Å². The minimum absolute atomic E-state index is 0.0860. The van der Waals surface area contributed by atoms with Gasteiger partial charge >= 0.3 is 0 Å². The number of ether oxygens (including phenoxy) is 1. The molecule has 0 spiro atoms. The molecule has 1 nitrogen and oxygen atoms in total. The molecule has 0 unspecified atom stereocenters. The highest BCUT2D eigenvalue weighted by Crippen LogP contribution is 2.35. The lowest BCUT2D eigenvalue weighted by molar-refractivity contribution is 0.242. The Morgan fingerprint density at radius 2 is 1.92 bits per heavy atom. The van der Waals surface area contributed by atoms with E-state index in [4.69, 9.17) is 27.9 Å². The van der Waals surface area contributed by atoms with Gasteiger partial charge in [-0.2, -0.15) is 0 Å². The molecule has 0 aromatic heterocycles. The predicted octanol–water partition coefficient (Wildman–Crippen LogP) is 4.54. The van der Waals surface area contributed by atoms with Crippen LogP contribution in [0, 0.1) is 0 Å². The first-order chi connectivity index (χ1) is 6.00. The zero-order valence-electron chi connectivity index (χ0n) is 7.27. The lowest BCUT2D eigenvalue weighted by atomic mass is 10.3. The van der Waals surface area contributed by atoms with Crippen LogP contribution in [0.15, 0.2) is 16.6 Å². The van der Waals surface area contributed by atoms with Crippen molar-refractivity contribution < 1.29 is 4.74 Å². The molecule has 0 fully saturated rings. The molecule has 0 amide bonds. The summed E-state index contributed by atoms with van der Waals surface area (Å²) in [4.78, 5) is 0. The molecule has 1 rings (SSSR count). The number of rotatable bonds is 2. The van der Waals surface area contributed by atoms with Crippen molar-refractivity contribution in [2.75, 3.05) is 0 Å². The third-order valence-electron chi connectivity index (χ3n) is 1.32. The fourth-order valence-electron chi connectivity index (χ4n) is 0.872. The monoisotopic (exact) mass is 282 g/mol. The maximum Gasteiger partial charge on any atom is 0.140 e. The summed E-state index contributed by atoms with van der Waals surface area (Å²) < 4.78 is 6.32. The minimum Gasteiger partial charge on any atom is -0.489 e. The molecule has 4 heteroatoms. The van der Waals surface area contributed by atoms with E-state index in [-0.39, 0.29) is 6.10 Å². The SMILES string of the molecule is CC(C)Oc1cc(Br)cc(Cl)c1Cl. The van der Waals surface area contributed by atoms with Gasteiger partial charge in [0.25, 0.3) is 0 Å². The average Bonchev–Trinajstić information content (AvgIpc) is 1.98. The Balaban J connectivity index is 3.05. The summed E-state index contributed by atoms with van der Waals surface area (Å²) in [6.07, 6.45) is 0.0860. The van der Waals surface area contributed by atoms with E-state index in [9.17, 15) is 0 Å². The Morgan fingerprint density at radius 1 is 1.31 bits per heavy atom. The lowest BCUT2D eigenvalue weighted by Gasteiger charge is -2.12. The summed E-state index contributed by atoms with van der Waals surface area (Å²) >= 11 is 15.1. The molecule has 72 valence electrons. The largest absolute Gasteiger partial charge is 0.489 e. The number of hydrogen-bond acceptors (Lipinski definition) is 1. The van der Waals surface area contributed by atoms with Crippen molar-refractivity contribution in [3.63, 3.8) is 0 Å². The van der Waals surface area contributed by atoms with Crippen molar-refractivity contribution in [3.8, 4) is 5.75 Å². The van der Waals surface area contributed by atoms with Crippen LogP contribution in [0.1, 0.15) is 13.8 Å². The van der Waals surface area contributed by atoms with E-state index in [1.54, 1.807) is 12.1 Å². The van der Waals surface area contributed by atoms with Crippen molar-refractivity contribution in [1.29, 1.82) is 0 Å². The highest BCUT2D eigenvalue weighted by molar-refractivity contribution is 9.10. The van der Waals surface area contributed by atoms with Gasteiger partial charge in [-0.15, -0.1) is 0 Å². The first-order valence-electron chi connectivity index (χ1n) is 3.82. The van der Waals surface area contributed by atoms with Crippen LogP contribution < -0.4 is 4.74 Å². The molecule has 0 saturated carbocycles. The summed E-state index contributed by atoms with van der Waals surface area (Å²) in [5.41, 5.74) is 0. The first-order valence-corrected chi connectivity index (χ1v) is 5.37. The second-order valence-corrected chi connectivity index (χ2v) is 4.57. The summed E-state index contributed by atoms with van der Waals surface area (Å²) in [7, 11) is 0.